The molecule has 0 aromatic heterocycles. The Kier molecular flexibility index (Phi) is 5.94. The molecule has 0 fully saturated rings. The molecule has 0 aliphatic carbocycles. The van der Waals surface area contributed by atoms with Gasteiger partial charge in [0.25, 0.3) is 11.8 Å². The fourth-order valence-corrected chi connectivity index (χ4v) is 2.42. The van der Waals surface area contributed by atoms with Crippen molar-refractivity contribution in [2.45, 2.75) is 27.3 Å². The van der Waals surface area contributed by atoms with Crippen molar-refractivity contribution in [2.75, 3.05) is 0 Å². The molecule has 0 atom stereocenters. The van der Waals surface area contributed by atoms with Crippen LogP contribution in [-0.4, -0.2) is 16.7 Å². The molecule has 2 rings (SSSR count). The summed E-state index contributed by atoms with van der Waals surface area (Å²) < 4.78 is 0.574. The molecule has 0 N–H and O–H groups in total. The van der Waals surface area contributed by atoms with Crippen molar-refractivity contribution < 1.29 is 9.59 Å². The molecular formula is C14H15Br2NO2. The van der Waals surface area contributed by atoms with Crippen LogP contribution in [0.25, 0.3) is 0 Å². The first-order chi connectivity index (χ1) is 9.00. The van der Waals surface area contributed by atoms with Gasteiger partial charge >= 0.3 is 0 Å². The van der Waals surface area contributed by atoms with Gasteiger partial charge in [0.15, 0.2) is 0 Å². The van der Waals surface area contributed by atoms with Gasteiger partial charge in [0.05, 0.1) is 6.54 Å². The lowest BCUT2D eigenvalue weighted by Crippen LogP contribution is -2.30. The fourth-order valence-electron chi connectivity index (χ4n) is 1.65. The summed E-state index contributed by atoms with van der Waals surface area (Å²) in [5.74, 6) is -0.605. The predicted molar refractivity (Wildman–Crippen MR) is 83.0 cm³/mol. The maximum atomic E-state index is 11.8. The van der Waals surface area contributed by atoms with Gasteiger partial charge in [-0.2, -0.15) is 0 Å². The molecule has 0 radical (unpaired) electrons. The van der Waals surface area contributed by atoms with Crippen LogP contribution in [0.1, 0.15) is 25.0 Å². The van der Waals surface area contributed by atoms with Crippen molar-refractivity contribution >= 4 is 43.7 Å². The number of benzene rings is 1. The van der Waals surface area contributed by atoms with Crippen LogP contribution < -0.4 is 0 Å². The maximum Gasteiger partial charge on any atom is 0.269 e. The van der Waals surface area contributed by atoms with Crippen molar-refractivity contribution in [1.82, 2.24) is 4.90 Å². The standard InChI is InChI=1S/C12H9Br2NO2.C2H6/c1-7-3-2-4-8(5-7)6-15-11(16)9(13)10(14)12(15)17;1-2/h2-5H,6H2,1H3;1-2H3. The van der Waals surface area contributed by atoms with Gasteiger partial charge in [0.2, 0.25) is 0 Å². The number of carbonyl (C=O) groups is 2. The van der Waals surface area contributed by atoms with Crippen LogP contribution in [0.3, 0.4) is 0 Å². The summed E-state index contributed by atoms with van der Waals surface area (Å²) in [6.07, 6.45) is 0. The first kappa shape index (κ1) is 16.1. The van der Waals surface area contributed by atoms with E-state index < -0.39 is 0 Å². The molecule has 1 aliphatic heterocycles. The third kappa shape index (κ3) is 3.54. The van der Waals surface area contributed by atoms with E-state index >= 15 is 0 Å². The first-order valence-corrected chi connectivity index (χ1v) is 7.56. The quantitative estimate of drug-likeness (QED) is 0.720. The number of amides is 2. The van der Waals surface area contributed by atoms with Crippen molar-refractivity contribution in [3.63, 3.8) is 0 Å². The van der Waals surface area contributed by atoms with Gasteiger partial charge in [-0.1, -0.05) is 43.7 Å². The molecule has 0 saturated heterocycles. The Labute approximate surface area is 129 Å². The zero-order valence-corrected chi connectivity index (χ0v) is 14.2. The van der Waals surface area contributed by atoms with Gasteiger partial charge in [-0.3, -0.25) is 14.5 Å². The summed E-state index contributed by atoms with van der Waals surface area (Å²) >= 11 is 6.20. The molecule has 0 unspecified atom stereocenters. The summed E-state index contributed by atoms with van der Waals surface area (Å²) in [5.41, 5.74) is 2.04. The monoisotopic (exact) mass is 387 g/mol. The van der Waals surface area contributed by atoms with Crippen LogP contribution in [0.2, 0.25) is 0 Å². The minimum atomic E-state index is -0.302. The summed E-state index contributed by atoms with van der Waals surface area (Å²) in [5, 5.41) is 0. The van der Waals surface area contributed by atoms with Gasteiger partial charge in [-0.25, -0.2) is 0 Å². The molecule has 1 heterocycles. The number of hydrogen-bond donors (Lipinski definition) is 0. The number of nitrogens with zero attached hydrogens (tertiary/aromatic N) is 1. The molecule has 1 aromatic carbocycles. The maximum absolute atomic E-state index is 11.8. The topological polar surface area (TPSA) is 37.4 Å². The summed E-state index contributed by atoms with van der Waals surface area (Å²) in [4.78, 5) is 24.8. The van der Waals surface area contributed by atoms with E-state index in [2.05, 4.69) is 31.9 Å². The Morgan fingerprint density at radius 2 is 1.58 bits per heavy atom. The van der Waals surface area contributed by atoms with E-state index in [0.29, 0.717) is 6.54 Å². The number of rotatable bonds is 2. The first-order valence-electron chi connectivity index (χ1n) is 5.97. The molecule has 5 heteroatoms. The molecule has 0 spiro atoms. The second-order valence-corrected chi connectivity index (χ2v) is 5.40. The summed E-state index contributed by atoms with van der Waals surface area (Å²) in [6.45, 7) is 6.27. The Balaban J connectivity index is 0.000000861. The van der Waals surface area contributed by atoms with Gasteiger partial charge in [-0.05, 0) is 44.3 Å². The van der Waals surface area contributed by atoms with E-state index in [0.717, 1.165) is 11.1 Å². The van der Waals surface area contributed by atoms with Crippen LogP contribution in [0.5, 0.6) is 0 Å². The number of aryl methyl sites for hydroxylation is 1. The van der Waals surface area contributed by atoms with Crippen LogP contribution in [0.15, 0.2) is 33.2 Å². The molecule has 102 valence electrons. The Bertz CT molecular complexity index is 514. The fraction of sp³-hybridized carbons (Fsp3) is 0.286. The molecule has 19 heavy (non-hydrogen) atoms. The van der Waals surface area contributed by atoms with Crippen LogP contribution in [0.4, 0.5) is 0 Å². The van der Waals surface area contributed by atoms with E-state index in [1.165, 1.54) is 4.90 Å². The number of halogens is 2. The smallest absolute Gasteiger partial charge is 0.269 e. The van der Waals surface area contributed by atoms with E-state index in [-0.39, 0.29) is 20.8 Å². The van der Waals surface area contributed by atoms with Gasteiger partial charge in [-0.15, -0.1) is 0 Å². The summed E-state index contributed by atoms with van der Waals surface area (Å²) in [6, 6.07) is 7.74. The van der Waals surface area contributed by atoms with Crippen molar-refractivity contribution in [1.29, 1.82) is 0 Å². The molecule has 2 amide bonds. The van der Waals surface area contributed by atoms with Crippen LogP contribution >= 0.6 is 31.9 Å². The average molecular weight is 389 g/mol. The van der Waals surface area contributed by atoms with E-state index in [9.17, 15) is 9.59 Å². The highest BCUT2D eigenvalue weighted by molar-refractivity contribution is 9.14. The molecule has 1 aliphatic rings. The van der Waals surface area contributed by atoms with E-state index in [1.54, 1.807) is 0 Å². The zero-order chi connectivity index (χ0) is 14.6. The average Bonchev–Trinajstić information content (AvgIpc) is 2.59. The SMILES string of the molecule is CC.Cc1cccc(CN2C(=O)C(Br)=C(Br)C2=O)c1. The van der Waals surface area contributed by atoms with Crippen LogP contribution in [-0.2, 0) is 16.1 Å². The highest BCUT2D eigenvalue weighted by Crippen LogP contribution is 2.30. The predicted octanol–water partition coefficient (Wildman–Crippen LogP) is 3.89. The van der Waals surface area contributed by atoms with E-state index in [4.69, 9.17) is 0 Å². The molecule has 0 saturated carbocycles. The number of carbonyl (C=O) groups excluding carboxylic acids is 2. The lowest BCUT2D eigenvalue weighted by Gasteiger charge is -2.14. The Hall–Kier alpha value is -0.940. The number of imide groups is 1. The molecule has 3 nitrogen and oxygen atoms in total. The van der Waals surface area contributed by atoms with Gasteiger partial charge < -0.3 is 0 Å². The highest BCUT2D eigenvalue weighted by atomic mass is 79.9. The third-order valence-corrected chi connectivity index (χ3v) is 4.49. The van der Waals surface area contributed by atoms with Gasteiger partial charge in [0, 0.05) is 0 Å². The number of hydrogen-bond acceptors (Lipinski definition) is 2. The molecular weight excluding hydrogens is 374 g/mol. The minimum Gasteiger partial charge on any atom is -0.269 e. The third-order valence-electron chi connectivity index (χ3n) is 2.48. The Morgan fingerprint density at radius 3 is 2.05 bits per heavy atom. The lowest BCUT2D eigenvalue weighted by molar-refractivity contribution is -0.137. The minimum absolute atomic E-state index is 0.287. The molecule has 0 bridgehead atoms. The lowest BCUT2D eigenvalue weighted by atomic mass is 10.1. The van der Waals surface area contributed by atoms with Crippen LogP contribution in [0, 0.1) is 6.92 Å². The van der Waals surface area contributed by atoms with Crippen molar-refractivity contribution in [2.24, 2.45) is 0 Å². The second kappa shape index (κ2) is 7.01. The van der Waals surface area contributed by atoms with Gasteiger partial charge in [0.1, 0.15) is 8.96 Å². The highest BCUT2D eigenvalue weighted by Gasteiger charge is 2.35. The Morgan fingerprint density at radius 1 is 1.05 bits per heavy atom. The van der Waals surface area contributed by atoms with Crippen molar-refractivity contribution in [3.05, 3.63) is 44.4 Å². The largest absolute Gasteiger partial charge is 0.269 e. The normalized spacial score (nSPS) is 14.7. The second-order valence-electron chi connectivity index (χ2n) is 3.81. The van der Waals surface area contributed by atoms with E-state index in [1.807, 2.05) is 45.0 Å². The summed E-state index contributed by atoms with van der Waals surface area (Å²) in [7, 11) is 0. The zero-order valence-electron chi connectivity index (χ0n) is 11.0. The molecule has 1 aromatic rings. The van der Waals surface area contributed by atoms with Crippen molar-refractivity contribution in [3.8, 4) is 0 Å².